The number of nitrogens with zero attached hydrogens (tertiary/aromatic N) is 3. The predicted molar refractivity (Wildman–Crippen MR) is 163 cm³/mol. The lowest BCUT2D eigenvalue weighted by atomic mass is 10.0. The largest absolute Gasteiger partial charge is 0.494 e. The maximum Gasteiger partial charge on any atom is 0.307 e. The molecule has 0 unspecified atom stereocenters. The highest BCUT2D eigenvalue weighted by atomic mass is 32.1. The Morgan fingerprint density at radius 1 is 0.950 bits per heavy atom. The van der Waals surface area contributed by atoms with Gasteiger partial charge < -0.3 is 14.4 Å². The van der Waals surface area contributed by atoms with Crippen LogP contribution in [0.25, 0.3) is 10.1 Å². The van der Waals surface area contributed by atoms with E-state index in [0.717, 1.165) is 81.8 Å². The molecule has 1 saturated heterocycles. The summed E-state index contributed by atoms with van der Waals surface area (Å²) in [6.45, 7) is 8.07. The van der Waals surface area contributed by atoms with Crippen LogP contribution in [0.4, 0.5) is 11.4 Å². The van der Waals surface area contributed by atoms with Crippen LogP contribution in [-0.2, 0) is 20.7 Å². The van der Waals surface area contributed by atoms with Crippen molar-refractivity contribution in [2.75, 3.05) is 55.9 Å². The van der Waals surface area contributed by atoms with Crippen LogP contribution in [0.2, 0.25) is 0 Å². The second kappa shape index (κ2) is 14.0. The summed E-state index contributed by atoms with van der Waals surface area (Å²) >= 11 is 1.81. The molecule has 1 amide bonds. The molecule has 7 nitrogen and oxygen atoms in total. The summed E-state index contributed by atoms with van der Waals surface area (Å²) in [7, 11) is 0. The molecule has 1 aromatic heterocycles. The molecule has 3 aromatic rings. The molecule has 2 aliphatic rings. The van der Waals surface area contributed by atoms with Gasteiger partial charge >= 0.3 is 5.97 Å². The number of piperazine rings is 1. The van der Waals surface area contributed by atoms with E-state index in [9.17, 15) is 9.59 Å². The van der Waals surface area contributed by atoms with Crippen molar-refractivity contribution in [2.24, 2.45) is 0 Å². The zero-order valence-corrected chi connectivity index (χ0v) is 24.4. The summed E-state index contributed by atoms with van der Waals surface area (Å²) in [5.74, 6) is 0.490. The summed E-state index contributed by atoms with van der Waals surface area (Å²) in [5.41, 5.74) is 3.25. The van der Waals surface area contributed by atoms with Gasteiger partial charge in [-0.1, -0.05) is 31.9 Å². The molecule has 0 saturated carbocycles. The second-order valence-electron chi connectivity index (χ2n) is 10.7. The first-order valence-corrected chi connectivity index (χ1v) is 15.7. The van der Waals surface area contributed by atoms with E-state index in [-0.39, 0.29) is 18.6 Å². The predicted octanol–water partition coefficient (Wildman–Crippen LogP) is 6.24. The maximum atomic E-state index is 12.6. The van der Waals surface area contributed by atoms with E-state index in [1.54, 1.807) is 4.90 Å². The first-order valence-electron chi connectivity index (χ1n) is 14.8. The van der Waals surface area contributed by atoms with E-state index >= 15 is 0 Å². The van der Waals surface area contributed by atoms with E-state index in [4.69, 9.17) is 9.47 Å². The molecule has 40 heavy (non-hydrogen) atoms. The van der Waals surface area contributed by atoms with Gasteiger partial charge in [-0.2, -0.15) is 0 Å². The van der Waals surface area contributed by atoms with Crippen molar-refractivity contribution >= 4 is 44.7 Å². The molecular formula is C32H41N3O4S. The lowest BCUT2D eigenvalue weighted by Gasteiger charge is -2.36. The number of rotatable bonds is 13. The zero-order chi connectivity index (χ0) is 27.7. The lowest BCUT2D eigenvalue weighted by Crippen LogP contribution is -2.46. The number of anilines is 2. The van der Waals surface area contributed by atoms with Crippen LogP contribution in [-0.4, -0.2) is 62.8 Å². The average molecular weight is 564 g/mol. The van der Waals surface area contributed by atoms with E-state index in [1.807, 2.05) is 29.5 Å². The highest BCUT2D eigenvalue weighted by Gasteiger charge is 2.26. The Morgan fingerprint density at radius 3 is 2.67 bits per heavy atom. The van der Waals surface area contributed by atoms with Crippen molar-refractivity contribution in [3.05, 3.63) is 53.4 Å². The molecule has 5 rings (SSSR count). The Labute approximate surface area is 241 Å². The molecule has 0 atom stereocenters. The monoisotopic (exact) mass is 563 g/mol. The number of hydrogen-bond acceptors (Lipinski definition) is 7. The first kappa shape index (κ1) is 28.4. The van der Waals surface area contributed by atoms with Crippen molar-refractivity contribution < 1.29 is 19.1 Å². The normalized spacial score (nSPS) is 15.9. The summed E-state index contributed by atoms with van der Waals surface area (Å²) in [4.78, 5) is 31.4. The van der Waals surface area contributed by atoms with Gasteiger partial charge in [-0.25, -0.2) is 0 Å². The van der Waals surface area contributed by atoms with Crippen LogP contribution in [0.3, 0.4) is 0 Å². The van der Waals surface area contributed by atoms with E-state index in [0.29, 0.717) is 25.9 Å². The minimum absolute atomic E-state index is 0.0156. The van der Waals surface area contributed by atoms with Crippen LogP contribution in [0, 0.1) is 0 Å². The molecule has 0 spiro atoms. The third-order valence-electron chi connectivity index (χ3n) is 7.92. The van der Waals surface area contributed by atoms with Gasteiger partial charge in [0.25, 0.3) is 0 Å². The molecule has 0 aliphatic carbocycles. The molecule has 214 valence electrons. The minimum atomic E-state index is -0.248. The highest BCUT2D eigenvalue weighted by Crippen LogP contribution is 2.32. The zero-order valence-electron chi connectivity index (χ0n) is 23.6. The van der Waals surface area contributed by atoms with Crippen LogP contribution in [0.1, 0.15) is 57.4 Å². The van der Waals surface area contributed by atoms with Crippen molar-refractivity contribution in [1.29, 1.82) is 0 Å². The molecule has 2 aromatic carbocycles. The van der Waals surface area contributed by atoms with Crippen molar-refractivity contribution in [3.8, 4) is 5.75 Å². The summed E-state index contributed by atoms with van der Waals surface area (Å²) < 4.78 is 12.9. The number of thiophene rings is 1. The van der Waals surface area contributed by atoms with Crippen LogP contribution in [0.15, 0.2) is 47.8 Å². The van der Waals surface area contributed by atoms with Crippen molar-refractivity contribution in [1.82, 2.24) is 4.90 Å². The van der Waals surface area contributed by atoms with Gasteiger partial charge in [-0.15, -0.1) is 11.3 Å². The van der Waals surface area contributed by atoms with E-state index in [1.165, 1.54) is 15.8 Å². The fourth-order valence-corrected chi connectivity index (χ4v) is 6.38. The number of hydrogen-bond donors (Lipinski definition) is 0. The van der Waals surface area contributed by atoms with Gasteiger partial charge in [-0.3, -0.25) is 19.4 Å². The molecule has 8 heteroatoms. The number of benzene rings is 2. The number of amides is 1. The molecule has 1 fully saturated rings. The molecule has 0 radical (unpaired) electrons. The Bertz CT molecular complexity index is 1280. The number of aryl methyl sites for hydroxylation is 1. The average Bonchev–Trinajstić information content (AvgIpc) is 3.46. The Kier molecular flexibility index (Phi) is 9.95. The van der Waals surface area contributed by atoms with Gasteiger partial charge in [0.05, 0.1) is 12.3 Å². The van der Waals surface area contributed by atoms with Crippen LogP contribution in [0.5, 0.6) is 5.75 Å². The number of ether oxygens (including phenoxy) is 2. The molecule has 0 bridgehead atoms. The van der Waals surface area contributed by atoms with Crippen LogP contribution < -0.4 is 14.5 Å². The fourth-order valence-electron chi connectivity index (χ4n) is 5.57. The van der Waals surface area contributed by atoms with Gasteiger partial charge in [0.1, 0.15) is 5.75 Å². The van der Waals surface area contributed by atoms with Gasteiger partial charge in [0.15, 0.2) is 6.73 Å². The maximum absolute atomic E-state index is 12.6. The first-order chi connectivity index (χ1) is 19.6. The number of carbonyl (C=O) groups excluding carboxylic acids is 2. The lowest BCUT2D eigenvalue weighted by molar-refractivity contribution is -0.144. The number of esters is 1. The van der Waals surface area contributed by atoms with Crippen molar-refractivity contribution in [3.63, 3.8) is 0 Å². The quantitative estimate of drug-likeness (QED) is 0.181. The summed E-state index contributed by atoms with van der Waals surface area (Å²) in [5, 5.41) is 3.55. The fraction of sp³-hybridized carbons (Fsp3) is 0.500. The summed E-state index contributed by atoms with van der Waals surface area (Å²) in [6, 6.07) is 14.8. The van der Waals surface area contributed by atoms with E-state index in [2.05, 4.69) is 46.4 Å². The van der Waals surface area contributed by atoms with Gasteiger partial charge in [0.2, 0.25) is 5.91 Å². The summed E-state index contributed by atoms with van der Waals surface area (Å²) in [6.07, 6.45) is 6.47. The SMILES string of the molecule is CCCCCC(=O)OCN1C(=O)CCc2ccc(OCCCCN3CCN(c4cccc5sccc45)CC3)cc21. The van der Waals surface area contributed by atoms with Crippen molar-refractivity contribution in [2.45, 2.75) is 58.3 Å². The Hall–Kier alpha value is -3.10. The molecule has 3 heterocycles. The van der Waals surface area contributed by atoms with Gasteiger partial charge in [-0.05, 0) is 67.4 Å². The minimum Gasteiger partial charge on any atom is -0.494 e. The molecular weight excluding hydrogens is 522 g/mol. The van der Waals surface area contributed by atoms with Crippen LogP contribution >= 0.6 is 11.3 Å². The molecule has 0 N–H and O–H groups in total. The Balaban J connectivity index is 1.04. The molecule has 2 aliphatic heterocycles. The third-order valence-corrected chi connectivity index (χ3v) is 8.80. The Morgan fingerprint density at radius 2 is 1.82 bits per heavy atom. The van der Waals surface area contributed by atoms with Gasteiger partial charge in [0, 0.05) is 60.9 Å². The number of carbonyl (C=O) groups is 2. The second-order valence-corrected chi connectivity index (χ2v) is 11.7. The number of unbranched alkanes of at least 4 members (excludes halogenated alkanes) is 3. The topological polar surface area (TPSA) is 62.3 Å². The number of fused-ring (bicyclic) bond motifs is 2. The van der Waals surface area contributed by atoms with E-state index < -0.39 is 0 Å². The smallest absolute Gasteiger partial charge is 0.307 e. The third kappa shape index (κ3) is 7.15. The highest BCUT2D eigenvalue weighted by molar-refractivity contribution is 7.17. The standard InChI is InChI=1S/C32H41N3O4S/c1-2-3-4-10-32(37)39-24-35-29-23-26(13-11-25(29)12-14-31(35)36)38-21-6-5-16-33-17-19-34(20-18-33)28-8-7-9-30-27(28)15-22-40-30/h7-9,11,13,15,22-23H,2-6,10,12,14,16-21,24H2,1H3.